The molecule has 0 aromatic heterocycles. The third kappa shape index (κ3) is 4.56. The molecule has 136 valence electrons. The summed E-state index contributed by atoms with van der Waals surface area (Å²) >= 11 is 0. The molecule has 0 spiro atoms. The zero-order valence-electron chi connectivity index (χ0n) is 14.5. The van der Waals surface area contributed by atoms with Gasteiger partial charge in [0.15, 0.2) is 9.84 Å². The van der Waals surface area contributed by atoms with Crippen molar-refractivity contribution in [1.82, 2.24) is 9.21 Å². The summed E-state index contributed by atoms with van der Waals surface area (Å²) in [5.74, 6) is -0.0346. The number of likely N-dealkylation sites (N-methyl/N-ethyl adjacent to an activating group) is 1. The largest absolute Gasteiger partial charge is 0.308 e. The van der Waals surface area contributed by atoms with Gasteiger partial charge in [0.2, 0.25) is 10.0 Å². The van der Waals surface area contributed by atoms with Gasteiger partial charge in [-0.05, 0) is 44.6 Å². The van der Waals surface area contributed by atoms with Gasteiger partial charge >= 0.3 is 0 Å². The molecule has 0 amide bonds. The SMILES string of the molecule is CCc1ccc(S(=O)(=O)N(CCN(C)C)[C@H]2CCS(=O)(=O)C2)cc1. The van der Waals surface area contributed by atoms with Crippen LogP contribution < -0.4 is 0 Å². The predicted molar refractivity (Wildman–Crippen MR) is 95.3 cm³/mol. The number of sulfone groups is 1. The van der Waals surface area contributed by atoms with Crippen LogP contribution in [0.25, 0.3) is 0 Å². The molecule has 1 heterocycles. The van der Waals surface area contributed by atoms with Crippen molar-refractivity contribution in [3.05, 3.63) is 29.8 Å². The third-order valence-corrected chi connectivity index (χ3v) is 8.04. The highest BCUT2D eigenvalue weighted by Gasteiger charge is 2.38. The fourth-order valence-electron chi connectivity index (χ4n) is 2.83. The van der Waals surface area contributed by atoms with Crippen LogP contribution in [0.4, 0.5) is 0 Å². The van der Waals surface area contributed by atoms with E-state index in [0.717, 1.165) is 12.0 Å². The van der Waals surface area contributed by atoms with Crippen molar-refractivity contribution < 1.29 is 16.8 Å². The Morgan fingerprint density at radius 2 is 1.75 bits per heavy atom. The first-order chi connectivity index (χ1) is 11.2. The van der Waals surface area contributed by atoms with E-state index in [1.807, 2.05) is 38.1 Å². The van der Waals surface area contributed by atoms with Crippen LogP contribution in [0.1, 0.15) is 18.9 Å². The summed E-state index contributed by atoms with van der Waals surface area (Å²) in [6.07, 6.45) is 1.20. The Balaban J connectivity index is 2.33. The van der Waals surface area contributed by atoms with Gasteiger partial charge in [0, 0.05) is 19.1 Å². The first-order valence-corrected chi connectivity index (χ1v) is 11.4. The van der Waals surface area contributed by atoms with Crippen LogP contribution >= 0.6 is 0 Å². The number of hydrogen-bond acceptors (Lipinski definition) is 5. The quantitative estimate of drug-likeness (QED) is 0.711. The zero-order chi connectivity index (χ0) is 18.0. The van der Waals surface area contributed by atoms with E-state index in [9.17, 15) is 16.8 Å². The number of rotatable bonds is 7. The monoisotopic (exact) mass is 374 g/mol. The summed E-state index contributed by atoms with van der Waals surface area (Å²) in [5.41, 5.74) is 1.07. The van der Waals surface area contributed by atoms with Crippen molar-refractivity contribution in [3.63, 3.8) is 0 Å². The molecule has 2 rings (SSSR count). The number of aryl methyl sites for hydroxylation is 1. The van der Waals surface area contributed by atoms with E-state index in [-0.39, 0.29) is 22.9 Å². The fraction of sp³-hybridized carbons (Fsp3) is 0.625. The van der Waals surface area contributed by atoms with Gasteiger partial charge < -0.3 is 4.90 Å². The van der Waals surface area contributed by atoms with Gasteiger partial charge in [-0.1, -0.05) is 19.1 Å². The highest BCUT2D eigenvalue weighted by molar-refractivity contribution is 7.92. The van der Waals surface area contributed by atoms with Crippen LogP contribution in [-0.2, 0) is 26.3 Å². The molecule has 0 N–H and O–H groups in total. The summed E-state index contributed by atoms with van der Waals surface area (Å²) < 4.78 is 51.1. The topological polar surface area (TPSA) is 74.8 Å². The van der Waals surface area contributed by atoms with E-state index < -0.39 is 25.9 Å². The second kappa shape index (κ2) is 7.51. The van der Waals surface area contributed by atoms with Crippen molar-refractivity contribution in [3.8, 4) is 0 Å². The average Bonchev–Trinajstić information content (AvgIpc) is 2.86. The first kappa shape index (κ1) is 19.4. The first-order valence-electron chi connectivity index (χ1n) is 8.11. The summed E-state index contributed by atoms with van der Waals surface area (Å²) in [6, 6.07) is 6.36. The molecule has 1 atom stereocenters. The summed E-state index contributed by atoms with van der Waals surface area (Å²) in [7, 11) is -3.13. The van der Waals surface area contributed by atoms with Crippen LogP contribution in [0.3, 0.4) is 0 Å². The smallest absolute Gasteiger partial charge is 0.243 e. The van der Waals surface area contributed by atoms with Crippen LogP contribution in [0.5, 0.6) is 0 Å². The summed E-state index contributed by atoms with van der Waals surface area (Å²) in [5, 5.41) is 0. The molecule has 1 aliphatic heterocycles. The second-order valence-electron chi connectivity index (χ2n) is 6.47. The number of nitrogens with zero attached hydrogens (tertiary/aromatic N) is 2. The normalized spacial score (nSPS) is 20.8. The Bertz CT molecular complexity index is 756. The van der Waals surface area contributed by atoms with Gasteiger partial charge in [0.1, 0.15) is 0 Å². The maximum absolute atomic E-state index is 13.1. The molecular formula is C16H26N2O4S2. The number of sulfonamides is 1. The Hall–Kier alpha value is -0.960. The molecule has 0 radical (unpaired) electrons. The maximum Gasteiger partial charge on any atom is 0.243 e. The van der Waals surface area contributed by atoms with Gasteiger partial charge in [0.05, 0.1) is 16.4 Å². The molecule has 1 saturated heterocycles. The van der Waals surface area contributed by atoms with Crippen LogP contribution in [0, 0.1) is 0 Å². The summed E-state index contributed by atoms with van der Waals surface area (Å²) in [4.78, 5) is 2.12. The molecule has 1 aliphatic rings. The van der Waals surface area contributed by atoms with E-state index in [1.165, 1.54) is 4.31 Å². The zero-order valence-corrected chi connectivity index (χ0v) is 16.1. The lowest BCUT2D eigenvalue weighted by Gasteiger charge is -2.28. The van der Waals surface area contributed by atoms with E-state index >= 15 is 0 Å². The van der Waals surface area contributed by atoms with E-state index in [2.05, 4.69) is 0 Å². The molecule has 6 nitrogen and oxygen atoms in total. The highest BCUT2D eigenvalue weighted by Crippen LogP contribution is 2.25. The number of benzene rings is 1. The van der Waals surface area contributed by atoms with Gasteiger partial charge in [-0.15, -0.1) is 0 Å². The van der Waals surface area contributed by atoms with Crippen molar-refractivity contribution >= 4 is 19.9 Å². The van der Waals surface area contributed by atoms with E-state index in [4.69, 9.17) is 0 Å². The van der Waals surface area contributed by atoms with Gasteiger partial charge in [-0.25, -0.2) is 16.8 Å². The lowest BCUT2D eigenvalue weighted by Crippen LogP contribution is -2.44. The van der Waals surface area contributed by atoms with Crippen LogP contribution in [-0.4, -0.2) is 70.8 Å². The van der Waals surface area contributed by atoms with Crippen LogP contribution in [0.2, 0.25) is 0 Å². The minimum absolute atomic E-state index is 0.0560. The Morgan fingerprint density at radius 3 is 2.21 bits per heavy atom. The second-order valence-corrected chi connectivity index (χ2v) is 10.6. The Morgan fingerprint density at radius 1 is 1.12 bits per heavy atom. The summed E-state index contributed by atoms with van der Waals surface area (Å²) in [6.45, 7) is 2.84. The third-order valence-electron chi connectivity index (χ3n) is 4.32. The molecule has 1 aromatic carbocycles. The minimum Gasteiger partial charge on any atom is -0.308 e. The fourth-order valence-corrected chi connectivity index (χ4v) is 6.30. The van der Waals surface area contributed by atoms with Gasteiger partial charge in [-0.3, -0.25) is 0 Å². The molecule has 0 unspecified atom stereocenters. The van der Waals surface area contributed by atoms with Gasteiger partial charge in [-0.2, -0.15) is 4.31 Å². The predicted octanol–water partition coefficient (Wildman–Crippen LogP) is 0.988. The van der Waals surface area contributed by atoms with E-state index in [1.54, 1.807) is 12.1 Å². The molecule has 0 aliphatic carbocycles. The van der Waals surface area contributed by atoms with Crippen molar-refractivity contribution in [2.24, 2.45) is 0 Å². The molecule has 0 saturated carbocycles. The van der Waals surface area contributed by atoms with E-state index in [0.29, 0.717) is 13.0 Å². The van der Waals surface area contributed by atoms with Crippen molar-refractivity contribution in [1.29, 1.82) is 0 Å². The maximum atomic E-state index is 13.1. The standard InChI is InChI=1S/C16H26N2O4S2/c1-4-14-5-7-16(8-6-14)24(21,22)18(11-10-17(2)3)15-9-12-23(19,20)13-15/h5-8,15H,4,9-13H2,1-3H3/t15-/m0/s1. The molecule has 24 heavy (non-hydrogen) atoms. The molecular weight excluding hydrogens is 348 g/mol. The Kier molecular flexibility index (Phi) is 6.06. The highest BCUT2D eigenvalue weighted by atomic mass is 32.2. The molecule has 1 fully saturated rings. The lowest BCUT2D eigenvalue weighted by atomic mass is 10.2. The van der Waals surface area contributed by atoms with Crippen LogP contribution in [0.15, 0.2) is 29.2 Å². The Labute approximate surface area is 145 Å². The molecule has 0 bridgehead atoms. The van der Waals surface area contributed by atoms with Crippen molar-refractivity contribution in [2.45, 2.75) is 30.7 Å². The molecule has 1 aromatic rings. The average molecular weight is 375 g/mol. The minimum atomic E-state index is -3.71. The van der Waals surface area contributed by atoms with Crippen molar-refractivity contribution in [2.75, 3.05) is 38.7 Å². The molecule has 8 heteroatoms. The number of hydrogen-bond donors (Lipinski definition) is 0. The van der Waals surface area contributed by atoms with Gasteiger partial charge in [0.25, 0.3) is 0 Å². The lowest BCUT2D eigenvalue weighted by molar-refractivity contribution is 0.293.